The molecule has 2 atom stereocenters. The molecule has 0 saturated heterocycles. The first kappa shape index (κ1) is 30.9. The van der Waals surface area contributed by atoms with Crippen molar-refractivity contribution < 1.29 is 49.0 Å². The molecular weight excluding hydrogens is 546 g/mol. The van der Waals surface area contributed by atoms with E-state index in [1.165, 1.54) is 6.08 Å². The summed E-state index contributed by atoms with van der Waals surface area (Å²) in [7, 11) is 0. The molecule has 39 heavy (non-hydrogen) atoms. The number of hydrogen-bond acceptors (Lipinski definition) is 4. The summed E-state index contributed by atoms with van der Waals surface area (Å²) in [5.41, 5.74) is 2.63. The van der Waals surface area contributed by atoms with Gasteiger partial charge in [0.1, 0.15) is 6.04 Å². The first-order chi connectivity index (χ1) is 18.3. The van der Waals surface area contributed by atoms with Crippen molar-refractivity contribution in [2.45, 2.75) is 38.3 Å². The topological polar surface area (TPSA) is 80.8 Å². The Morgan fingerprint density at radius 2 is 1.49 bits per heavy atom. The predicted molar refractivity (Wildman–Crippen MR) is 146 cm³/mol. The molecule has 0 radical (unpaired) electrons. The molecule has 6 nitrogen and oxygen atoms in total. The van der Waals surface area contributed by atoms with Crippen LogP contribution in [0.5, 0.6) is 0 Å². The number of amides is 2. The minimum Gasteiger partial charge on any atom is -0.550 e. The summed E-state index contributed by atoms with van der Waals surface area (Å²) in [4.78, 5) is 42.5. The van der Waals surface area contributed by atoms with Gasteiger partial charge in [-0.25, -0.2) is 0 Å². The molecule has 0 N–H and O–H groups in total. The maximum absolute atomic E-state index is 14.4. The van der Waals surface area contributed by atoms with Crippen LogP contribution in [0.3, 0.4) is 0 Å². The van der Waals surface area contributed by atoms with Gasteiger partial charge in [0.15, 0.2) is 0 Å². The number of carbonyl (C=O) groups is 3. The standard InChI is InChI=1S/C30H28Cl2N2O4.Na/c1-20(21-10-14-24(31)15-11-21)34-27(35)19-26(22-7-3-2-4-8-22)33(18-6-5-9-28(36)37)30(38)29(34)23-12-16-25(32)17-13-23;/h2-4,7-8,10-17,19-20,29H,5-6,9,18H2,1H3,(H,36,37);/q;+1/p-1/t20-,29+;/m1./s1. The molecular formula is C30H27Cl2N2NaO4. The number of halogens is 2. The molecule has 196 valence electrons. The van der Waals surface area contributed by atoms with Gasteiger partial charge >= 0.3 is 29.6 Å². The second kappa shape index (κ2) is 14.1. The van der Waals surface area contributed by atoms with Gasteiger partial charge < -0.3 is 19.7 Å². The van der Waals surface area contributed by atoms with E-state index in [4.69, 9.17) is 23.2 Å². The van der Waals surface area contributed by atoms with E-state index in [-0.39, 0.29) is 54.3 Å². The van der Waals surface area contributed by atoms with Crippen LogP contribution < -0.4 is 34.7 Å². The number of benzene rings is 3. The smallest absolute Gasteiger partial charge is 0.550 e. The summed E-state index contributed by atoms with van der Waals surface area (Å²) in [5, 5.41) is 12.0. The second-order valence-electron chi connectivity index (χ2n) is 9.14. The molecule has 1 aliphatic rings. The Balaban J connectivity index is 0.00000420. The SMILES string of the molecule is C[C@H](c1ccc(Cl)cc1)N1C(=O)C=C(c2ccccc2)N(CCCCC(=O)[O-])C(=O)[C@@H]1c1ccc(Cl)cc1.[Na+]. The number of nitrogens with zero attached hydrogens (tertiary/aromatic N) is 2. The van der Waals surface area contributed by atoms with Gasteiger partial charge in [-0.3, -0.25) is 9.59 Å². The number of carboxylic acid groups (broad SMARTS) is 1. The van der Waals surface area contributed by atoms with Gasteiger partial charge in [-0.2, -0.15) is 0 Å². The van der Waals surface area contributed by atoms with Crippen LogP contribution in [0, 0.1) is 0 Å². The van der Waals surface area contributed by atoms with Crippen LogP contribution in [0.1, 0.15) is 55.0 Å². The van der Waals surface area contributed by atoms with E-state index in [1.807, 2.05) is 49.4 Å². The zero-order chi connectivity index (χ0) is 27.2. The molecule has 0 aliphatic carbocycles. The Kier molecular flexibility index (Phi) is 11.2. The fraction of sp³-hybridized carbons (Fsp3) is 0.233. The van der Waals surface area contributed by atoms with Crippen molar-refractivity contribution in [3.63, 3.8) is 0 Å². The quantitative estimate of drug-likeness (QED) is 0.291. The molecule has 1 heterocycles. The van der Waals surface area contributed by atoms with Crippen molar-refractivity contribution >= 4 is 46.7 Å². The van der Waals surface area contributed by atoms with E-state index in [1.54, 1.807) is 46.2 Å². The Morgan fingerprint density at radius 1 is 0.897 bits per heavy atom. The van der Waals surface area contributed by atoms with E-state index in [9.17, 15) is 19.5 Å². The average molecular weight is 573 g/mol. The number of unbranched alkanes of at least 4 members (excludes halogenated alkanes) is 1. The largest absolute Gasteiger partial charge is 1.00 e. The number of hydrogen-bond donors (Lipinski definition) is 0. The van der Waals surface area contributed by atoms with Gasteiger partial charge in [-0.1, -0.05) is 77.8 Å². The molecule has 0 unspecified atom stereocenters. The van der Waals surface area contributed by atoms with Crippen molar-refractivity contribution in [3.8, 4) is 0 Å². The summed E-state index contributed by atoms with van der Waals surface area (Å²) >= 11 is 12.2. The maximum atomic E-state index is 14.4. The number of carbonyl (C=O) groups excluding carboxylic acids is 3. The zero-order valence-electron chi connectivity index (χ0n) is 21.8. The molecule has 4 rings (SSSR count). The van der Waals surface area contributed by atoms with Gasteiger partial charge in [0.25, 0.3) is 5.91 Å². The first-order valence-corrected chi connectivity index (χ1v) is 13.1. The normalized spacial score (nSPS) is 16.3. The summed E-state index contributed by atoms with van der Waals surface area (Å²) in [6, 6.07) is 21.9. The Hall–Kier alpha value is -2.61. The van der Waals surface area contributed by atoms with Crippen LogP contribution in [0.4, 0.5) is 0 Å². The first-order valence-electron chi connectivity index (χ1n) is 12.4. The van der Waals surface area contributed by atoms with Gasteiger partial charge in [0.05, 0.1) is 11.7 Å². The van der Waals surface area contributed by atoms with E-state index >= 15 is 0 Å². The van der Waals surface area contributed by atoms with Crippen molar-refractivity contribution in [3.05, 3.63) is 112 Å². The van der Waals surface area contributed by atoms with Crippen LogP contribution in [0.15, 0.2) is 84.9 Å². The van der Waals surface area contributed by atoms with E-state index in [2.05, 4.69) is 0 Å². The third kappa shape index (κ3) is 7.53. The van der Waals surface area contributed by atoms with E-state index in [0.717, 1.165) is 5.56 Å². The Bertz CT molecular complexity index is 1330. The van der Waals surface area contributed by atoms with Gasteiger partial charge in [0.2, 0.25) is 5.91 Å². The molecule has 0 spiro atoms. The predicted octanol–water partition coefficient (Wildman–Crippen LogP) is 2.43. The third-order valence-electron chi connectivity index (χ3n) is 6.62. The fourth-order valence-electron chi connectivity index (χ4n) is 4.66. The molecule has 9 heteroatoms. The Morgan fingerprint density at radius 3 is 2.08 bits per heavy atom. The molecule has 0 bridgehead atoms. The van der Waals surface area contributed by atoms with Crippen molar-refractivity contribution in [2.75, 3.05) is 6.54 Å². The zero-order valence-corrected chi connectivity index (χ0v) is 25.4. The van der Waals surface area contributed by atoms with Crippen LogP contribution >= 0.6 is 23.2 Å². The van der Waals surface area contributed by atoms with Crippen molar-refractivity contribution in [1.82, 2.24) is 9.80 Å². The molecule has 0 saturated carbocycles. The molecule has 3 aromatic rings. The number of aliphatic carboxylic acids is 1. The fourth-order valence-corrected chi connectivity index (χ4v) is 4.92. The Labute approximate surface area is 260 Å². The number of rotatable bonds is 9. The number of carboxylic acids is 1. The van der Waals surface area contributed by atoms with E-state index < -0.39 is 18.1 Å². The molecule has 1 aliphatic heterocycles. The summed E-state index contributed by atoms with van der Waals surface area (Å²) in [6.07, 6.45) is 2.16. The minimum atomic E-state index is -1.14. The van der Waals surface area contributed by atoms with Gasteiger partial charge in [-0.15, -0.1) is 0 Å². The third-order valence-corrected chi connectivity index (χ3v) is 7.13. The van der Waals surface area contributed by atoms with Crippen molar-refractivity contribution in [2.24, 2.45) is 0 Å². The second-order valence-corrected chi connectivity index (χ2v) is 10.0. The molecule has 0 fully saturated rings. The van der Waals surface area contributed by atoms with Crippen LogP contribution in [0.2, 0.25) is 10.0 Å². The average Bonchev–Trinajstić information content (AvgIpc) is 3.01. The van der Waals surface area contributed by atoms with Crippen LogP contribution in [-0.4, -0.2) is 34.1 Å². The van der Waals surface area contributed by atoms with E-state index in [0.29, 0.717) is 39.7 Å². The molecule has 3 aromatic carbocycles. The van der Waals surface area contributed by atoms with Gasteiger partial charge in [0, 0.05) is 28.6 Å². The summed E-state index contributed by atoms with van der Waals surface area (Å²) < 4.78 is 0. The molecule has 0 aromatic heterocycles. The van der Waals surface area contributed by atoms with Crippen LogP contribution in [0.25, 0.3) is 5.70 Å². The summed E-state index contributed by atoms with van der Waals surface area (Å²) in [5.74, 6) is -1.75. The summed E-state index contributed by atoms with van der Waals surface area (Å²) in [6.45, 7) is 2.12. The van der Waals surface area contributed by atoms with Crippen molar-refractivity contribution in [1.29, 1.82) is 0 Å². The minimum absolute atomic E-state index is 0. The van der Waals surface area contributed by atoms with Crippen LogP contribution in [-0.2, 0) is 14.4 Å². The van der Waals surface area contributed by atoms with Gasteiger partial charge in [-0.05, 0) is 67.1 Å². The maximum Gasteiger partial charge on any atom is 1.00 e. The monoisotopic (exact) mass is 572 g/mol. The molecule has 2 amide bonds.